The highest BCUT2D eigenvalue weighted by molar-refractivity contribution is 7.69. The molecule has 0 fully saturated rings. The minimum atomic E-state index is -0.912. The zero-order valence-corrected chi connectivity index (χ0v) is 11.6. The van der Waals surface area contributed by atoms with Crippen LogP contribution in [-0.4, -0.2) is 8.05 Å². The van der Waals surface area contributed by atoms with Gasteiger partial charge in [-0.1, -0.05) is 62.4 Å². The van der Waals surface area contributed by atoms with Crippen LogP contribution in [0.4, 0.5) is 0 Å². The minimum Gasteiger partial charge on any atom is -0.421 e. The summed E-state index contributed by atoms with van der Waals surface area (Å²) in [6.07, 6.45) is 0. The summed E-state index contributed by atoms with van der Waals surface area (Å²) < 4.78 is 5.22. The number of benzene rings is 2. The molecule has 0 aliphatic heterocycles. The Hall–Kier alpha value is -1.11. The summed E-state index contributed by atoms with van der Waals surface area (Å²) in [5.41, 5.74) is 1.31. The molecule has 0 saturated heterocycles. The van der Waals surface area contributed by atoms with Crippen LogP contribution in [0.25, 0.3) is 0 Å². The largest absolute Gasteiger partial charge is 0.421 e. The van der Waals surface area contributed by atoms with E-state index in [0.717, 1.165) is 10.6 Å². The van der Waals surface area contributed by atoms with Crippen molar-refractivity contribution in [2.24, 2.45) is 0 Å². The fourth-order valence-corrected chi connectivity index (χ4v) is 3.32. The Morgan fingerprint density at radius 3 is 2.22 bits per heavy atom. The molecule has 0 aliphatic carbocycles. The minimum absolute atomic E-state index is 0.510. The molecule has 0 bridgehead atoms. The van der Waals surface area contributed by atoms with Gasteiger partial charge in [0.25, 0.3) is 8.05 Å². The van der Waals surface area contributed by atoms with E-state index in [4.69, 9.17) is 12.5 Å². The first-order valence-corrected chi connectivity index (χ1v) is 7.30. The van der Waals surface area contributed by atoms with Crippen molar-refractivity contribution in [1.82, 2.24) is 0 Å². The fourth-order valence-electron chi connectivity index (χ4n) is 1.84. The van der Waals surface area contributed by atoms with E-state index in [1.165, 1.54) is 5.56 Å². The van der Waals surface area contributed by atoms with Gasteiger partial charge in [-0.3, -0.25) is 0 Å². The Labute approximate surface area is 111 Å². The summed E-state index contributed by atoms with van der Waals surface area (Å²) in [4.78, 5) is 0. The second kappa shape index (κ2) is 6.18. The van der Waals surface area contributed by atoms with Gasteiger partial charge in [-0.05, 0) is 17.5 Å². The summed E-state index contributed by atoms with van der Waals surface area (Å²) >= 11 is 0. The van der Waals surface area contributed by atoms with E-state index in [0.29, 0.717) is 5.92 Å². The summed E-state index contributed by atoms with van der Waals surface area (Å²) in [5, 5.41) is 2.29. The highest BCUT2D eigenvalue weighted by Crippen LogP contribution is 2.33. The molecule has 2 aromatic rings. The van der Waals surface area contributed by atoms with Crippen molar-refractivity contribution in [3.05, 3.63) is 60.2 Å². The first-order chi connectivity index (χ1) is 8.72. The first-order valence-electron chi connectivity index (χ1n) is 6.04. The van der Waals surface area contributed by atoms with Crippen molar-refractivity contribution in [3.8, 4) is 0 Å². The average molecular weight is 254 g/mol. The van der Waals surface area contributed by atoms with Gasteiger partial charge >= 0.3 is 0 Å². The zero-order valence-electron chi connectivity index (χ0n) is 10.7. The molecular weight excluding hydrogens is 238 g/mol. The molecule has 1 atom stereocenters. The molecule has 0 aromatic heterocycles. The number of hydrogen-bond acceptors (Lipinski definition) is 1. The smallest absolute Gasteiger partial charge is 0.289 e. The molecule has 2 aromatic carbocycles. The van der Waals surface area contributed by atoms with E-state index in [-0.39, 0.29) is 0 Å². The van der Waals surface area contributed by atoms with Crippen LogP contribution in [0.3, 0.4) is 0 Å². The molecule has 0 heterocycles. The Kier molecular flexibility index (Phi) is 4.57. The van der Waals surface area contributed by atoms with Crippen molar-refractivity contribution >= 4 is 26.8 Å². The van der Waals surface area contributed by atoms with Crippen molar-refractivity contribution in [1.29, 1.82) is 0 Å². The van der Waals surface area contributed by atoms with Gasteiger partial charge < -0.3 is 4.44 Å². The lowest BCUT2D eigenvalue weighted by Crippen LogP contribution is -2.13. The van der Waals surface area contributed by atoms with Gasteiger partial charge in [0.1, 0.15) is 0 Å². The molecule has 2 rings (SSSR count). The predicted molar refractivity (Wildman–Crippen MR) is 80.0 cm³/mol. The molecule has 90 valence electrons. The summed E-state index contributed by atoms with van der Waals surface area (Å²) in [6.45, 7) is 4.38. The van der Waals surface area contributed by atoms with Crippen LogP contribution in [0.2, 0.25) is 0 Å². The molecule has 3 heteroatoms. The van der Waals surface area contributed by atoms with Crippen LogP contribution >= 0.6 is 8.15 Å². The van der Waals surface area contributed by atoms with Gasteiger partial charge in [-0.2, -0.15) is 0 Å². The van der Waals surface area contributed by atoms with Crippen molar-refractivity contribution in [2.45, 2.75) is 19.8 Å². The van der Waals surface area contributed by atoms with Gasteiger partial charge in [0.2, 0.25) is 0 Å². The van der Waals surface area contributed by atoms with Gasteiger partial charge in [0.15, 0.2) is 0 Å². The molecule has 0 N–H and O–H groups in total. The van der Waals surface area contributed by atoms with E-state index >= 15 is 0 Å². The Morgan fingerprint density at radius 1 is 0.944 bits per heavy atom. The van der Waals surface area contributed by atoms with E-state index in [1.807, 2.05) is 18.2 Å². The predicted octanol–water partition coefficient (Wildman–Crippen LogP) is 3.26. The number of rotatable bonds is 4. The molecule has 0 saturated carbocycles. The van der Waals surface area contributed by atoms with E-state index < -0.39 is 8.15 Å². The molecule has 0 unspecified atom stereocenters. The fraction of sp³-hybridized carbons (Fsp3) is 0.200. The van der Waals surface area contributed by atoms with E-state index in [9.17, 15) is 0 Å². The highest BCUT2D eigenvalue weighted by atomic mass is 31.1. The third kappa shape index (κ3) is 3.01. The normalized spacial score (nSPS) is 12.6. The number of hydrogen-bond donors (Lipinski definition) is 0. The summed E-state index contributed by atoms with van der Waals surface area (Å²) in [7, 11) is 4.58. The molecule has 0 spiro atoms. The average Bonchev–Trinajstić information content (AvgIpc) is 2.41. The molecular formula is C15H16BOP. The van der Waals surface area contributed by atoms with Gasteiger partial charge in [-0.25, -0.2) is 0 Å². The van der Waals surface area contributed by atoms with Crippen LogP contribution in [0.5, 0.6) is 0 Å². The Balaban J connectivity index is 2.36. The molecule has 2 radical (unpaired) electrons. The standard InChI is InChI=1S/C15H16BOP/c1-12(2)13-7-6-10-15(11-13)18(17-16)14-8-4-3-5-9-14/h3-12H,1-2H3/t18-/m1/s1. The van der Waals surface area contributed by atoms with Gasteiger partial charge in [-0.15, -0.1) is 0 Å². The lowest BCUT2D eigenvalue weighted by atomic mass is 10.0. The van der Waals surface area contributed by atoms with Crippen LogP contribution in [0.15, 0.2) is 54.6 Å². The molecule has 0 aliphatic rings. The molecule has 1 nitrogen and oxygen atoms in total. The van der Waals surface area contributed by atoms with Crippen LogP contribution in [-0.2, 0) is 4.44 Å². The molecule has 18 heavy (non-hydrogen) atoms. The summed E-state index contributed by atoms with van der Waals surface area (Å²) in [5.74, 6) is 0.510. The highest BCUT2D eigenvalue weighted by Gasteiger charge is 2.13. The van der Waals surface area contributed by atoms with Gasteiger partial charge in [0, 0.05) is 10.6 Å². The maximum atomic E-state index is 5.49. The molecule has 0 amide bonds. The van der Waals surface area contributed by atoms with E-state index in [1.54, 1.807) is 0 Å². The summed E-state index contributed by atoms with van der Waals surface area (Å²) in [6, 6.07) is 18.6. The van der Waals surface area contributed by atoms with Crippen molar-refractivity contribution in [3.63, 3.8) is 0 Å². The quantitative estimate of drug-likeness (QED) is 0.601. The Morgan fingerprint density at radius 2 is 1.61 bits per heavy atom. The topological polar surface area (TPSA) is 9.23 Å². The van der Waals surface area contributed by atoms with E-state index in [2.05, 4.69) is 50.2 Å². The second-order valence-corrected chi connectivity index (χ2v) is 6.32. The third-order valence-corrected chi connectivity index (χ3v) is 4.59. The zero-order chi connectivity index (χ0) is 13.0. The Bertz CT molecular complexity index is 499. The maximum Gasteiger partial charge on any atom is 0.289 e. The van der Waals surface area contributed by atoms with Crippen molar-refractivity contribution < 1.29 is 4.44 Å². The lowest BCUT2D eigenvalue weighted by molar-refractivity contribution is 0.705. The third-order valence-electron chi connectivity index (χ3n) is 2.87. The van der Waals surface area contributed by atoms with Crippen molar-refractivity contribution in [2.75, 3.05) is 0 Å². The first kappa shape index (κ1) is 13.3. The maximum absolute atomic E-state index is 5.49. The second-order valence-electron chi connectivity index (χ2n) is 4.49. The SMILES string of the molecule is [B]O[P@](c1ccccc1)c1cccc(C(C)C)c1. The monoisotopic (exact) mass is 254 g/mol. The van der Waals surface area contributed by atoms with Crippen LogP contribution in [0.1, 0.15) is 25.3 Å². The lowest BCUT2D eigenvalue weighted by Gasteiger charge is -2.18. The van der Waals surface area contributed by atoms with Crippen LogP contribution < -0.4 is 10.6 Å². The van der Waals surface area contributed by atoms with Crippen LogP contribution in [0, 0.1) is 0 Å². The van der Waals surface area contributed by atoms with Gasteiger partial charge in [0.05, 0.1) is 8.15 Å².